The first-order valence-electron chi connectivity index (χ1n) is 38.3. The number of aliphatic hydroxyl groups is 1. The van der Waals surface area contributed by atoms with Gasteiger partial charge in [-0.25, -0.2) is 9.13 Å². The van der Waals surface area contributed by atoms with Crippen LogP contribution >= 0.6 is 15.6 Å². The molecule has 0 rings (SSSR count). The molecule has 7 atom stereocenters. The highest BCUT2D eigenvalue weighted by Gasteiger charge is 2.30. The third kappa shape index (κ3) is 65.8. The van der Waals surface area contributed by atoms with Crippen LogP contribution in [-0.4, -0.2) is 96.7 Å². The number of phosphoric acid groups is 2. The van der Waals surface area contributed by atoms with Crippen LogP contribution in [-0.2, 0) is 65.4 Å². The average Bonchev–Trinajstić information content (AvgIpc) is 2.38. The monoisotopic (exact) mass is 1370 g/mol. The van der Waals surface area contributed by atoms with Crippen LogP contribution in [0.4, 0.5) is 0 Å². The van der Waals surface area contributed by atoms with E-state index in [-0.39, 0.29) is 25.7 Å². The van der Waals surface area contributed by atoms with Gasteiger partial charge in [0.05, 0.1) is 26.4 Å². The van der Waals surface area contributed by atoms with Gasteiger partial charge in [0, 0.05) is 25.7 Å². The van der Waals surface area contributed by atoms with Crippen LogP contribution in [0.3, 0.4) is 0 Å². The molecule has 17 nitrogen and oxygen atoms in total. The Morgan fingerprint density at radius 3 is 0.763 bits per heavy atom. The molecule has 0 saturated carbocycles. The molecule has 0 aromatic carbocycles. The minimum Gasteiger partial charge on any atom is -0.462 e. The molecule has 0 aromatic rings. The highest BCUT2D eigenvalue weighted by Crippen LogP contribution is 2.45. The summed E-state index contributed by atoms with van der Waals surface area (Å²) in [5, 5.41) is 10.6. The SMILES string of the molecule is CCC(C)CCCCCCCCCCCCC(=O)O[C@H](COC(=O)CCCCCCCCC(C)C)COP(=O)(O)OC[C@H](O)COP(=O)(O)OC[C@@H](COC(=O)CCCCCCCCCCC(C)CC)OC(=O)CCCCCCCCCCCCCCCCCC(C)C. The van der Waals surface area contributed by atoms with E-state index in [0.717, 1.165) is 114 Å². The lowest BCUT2D eigenvalue weighted by molar-refractivity contribution is -0.161. The van der Waals surface area contributed by atoms with Crippen LogP contribution in [0.5, 0.6) is 0 Å². The van der Waals surface area contributed by atoms with E-state index < -0.39 is 97.5 Å². The predicted octanol–water partition coefficient (Wildman–Crippen LogP) is 21.3. The van der Waals surface area contributed by atoms with Gasteiger partial charge in [-0.1, -0.05) is 319 Å². The number of esters is 4. The maximum atomic E-state index is 13.1. The molecule has 0 bridgehead atoms. The fraction of sp³-hybridized carbons (Fsp3) is 0.946. The third-order valence-corrected chi connectivity index (χ3v) is 19.7. The topological polar surface area (TPSA) is 237 Å². The second-order valence-electron chi connectivity index (χ2n) is 28.1. The van der Waals surface area contributed by atoms with Crippen LogP contribution in [0.2, 0.25) is 0 Å². The Morgan fingerprint density at radius 1 is 0.301 bits per heavy atom. The zero-order valence-electron chi connectivity index (χ0n) is 60.9. The smallest absolute Gasteiger partial charge is 0.462 e. The second kappa shape index (κ2) is 63.5. The molecule has 0 heterocycles. The lowest BCUT2D eigenvalue weighted by Gasteiger charge is -2.21. The summed E-state index contributed by atoms with van der Waals surface area (Å²) in [7, 11) is -9.91. The fourth-order valence-corrected chi connectivity index (χ4v) is 12.7. The van der Waals surface area contributed by atoms with Crippen molar-refractivity contribution in [3.63, 3.8) is 0 Å². The van der Waals surface area contributed by atoms with E-state index in [1.807, 2.05) is 0 Å². The van der Waals surface area contributed by atoms with E-state index in [0.29, 0.717) is 31.6 Å². The van der Waals surface area contributed by atoms with Crippen molar-refractivity contribution in [1.82, 2.24) is 0 Å². The van der Waals surface area contributed by atoms with Crippen molar-refractivity contribution in [2.45, 2.75) is 388 Å². The van der Waals surface area contributed by atoms with E-state index in [4.69, 9.17) is 37.0 Å². The van der Waals surface area contributed by atoms with Crippen molar-refractivity contribution in [3.05, 3.63) is 0 Å². The molecule has 0 radical (unpaired) electrons. The summed E-state index contributed by atoms with van der Waals surface area (Å²) in [5.74, 6) is 0.937. The molecule has 3 N–H and O–H groups in total. The maximum Gasteiger partial charge on any atom is 0.472 e. The number of aliphatic hydroxyl groups excluding tert-OH is 1. The Morgan fingerprint density at radius 2 is 0.516 bits per heavy atom. The van der Waals surface area contributed by atoms with E-state index in [1.165, 1.54) is 167 Å². The summed E-state index contributed by atoms with van der Waals surface area (Å²) in [4.78, 5) is 72.7. The molecule has 0 aromatic heterocycles. The average molecular weight is 1370 g/mol. The molecular weight excluding hydrogens is 1220 g/mol. The van der Waals surface area contributed by atoms with Gasteiger partial charge in [-0.15, -0.1) is 0 Å². The normalized spacial score (nSPS) is 14.8. The van der Waals surface area contributed by atoms with Gasteiger partial charge in [-0.3, -0.25) is 37.3 Å². The molecule has 0 aliphatic heterocycles. The maximum absolute atomic E-state index is 13.1. The lowest BCUT2D eigenvalue weighted by Crippen LogP contribution is -2.30. The number of hydrogen-bond donors (Lipinski definition) is 3. The van der Waals surface area contributed by atoms with Crippen LogP contribution in [0.1, 0.15) is 370 Å². The van der Waals surface area contributed by atoms with Crippen LogP contribution in [0.25, 0.3) is 0 Å². The zero-order chi connectivity index (χ0) is 68.9. The molecule has 552 valence electrons. The molecule has 4 unspecified atom stereocenters. The van der Waals surface area contributed by atoms with E-state index in [9.17, 15) is 43.2 Å². The summed E-state index contributed by atoms with van der Waals surface area (Å²) in [6.45, 7) is 14.2. The number of rotatable bonds is 71. The summed E-state index contributed by atoms with van der Waals surface area (Å²) < 4.78 is 68.4. The molecule has 0 aliphatic carbocycles. The zero-order valence-corrected chi connectivity index (χ0v) is 62.7. The Kier molecular flexibility index (Phi) is 62.2. The quantitative estimate of drug-likeness (QED) is 0.0222. The van der Waals surface area contributed by atoms with Gasteiger partial charge in [0.2, 0.25) is 0 Å². The van der Waals surface area contributed by atoms with Crippen LogP contribution < -0.4 is 0 Å². The number of hydrogen-bond acceptors (Lipinski definition) is 15. The van der Waals surface area contributed by atoms with Gasteiger partial charge in [0.1, 0.15) is 19.3 Å². The minimum atomic E-state index is -4.96. The first-order chi connectivity index (χ1) is 44.7. The molecule has 0 spiro atoms. The first kappa shape index (κ1) is 91.1. The molecule has 0 saturated heterocycles. The van der Waals surface area contributed by atoms with Crippen molar-refractivity contribution < 1.29 is 80.2 Å². The molecule has 0 fully saturated rings. The number of carbonyl (C=O) groups is 4. The van der Waals surface area contributed by atoms with Gasteiger partial charge in [0.25, 0.3) is 0 Å². The molecular formula is C74H144O17P2. The van der Waals surface area contributed by atoms with Gasteiger partial charge >= 0.3 is 39.5 Å². The Hall–Kier alpha value is -1.94. The van der Waals surface area contributed by atoms with Crippen molar-refractivity contribution in [2.75, 3.05) is 39.6 Å². The molecule has 19 heteroatoms. The summed E-state index contributed by atoms with van der Waals surface area (Å²) in [6, 6.07) is 0. The standard InChI is InChI=1S/C74H144O17P2/c1-9-66(7)52-44-36-27-21-18-19-23-31-41-49-57-74(79)91-70(61-85-72(77)55-47-39-33-32-35-43-51-65(5)6)63-89-93(82,83)87-59-68(75)58-86-92(80,81)88-62-69(60-84-71(76)54-46-38-29-25-24-28-37-45-53-67(8)10-2)90-73(78)56-48-40-30-22-17-15-13-11-12-14-16-20-26-34-42-50-64(3)4/h64-70,75H,9-63H2,1-8H3,(H,80,81)(H,82,83)/t66?,67?,68-,69-,70-/m1/s1. The van der Waals surface area contributed by atoms with Crippen molar-refractivity contribution >= 4 is 39.5 Å². The second-order valence-corrected chi connectivity index (χ2v) is 31.0. The number of carbonyl (C=O) groups excluding carboxylic acids is 4. The molecule has 0 aliphatic rings. The van der Waals surface area contributed by atoms with Crippen molar-refractivity contribution in [1.29, 1.82) is 0 Å². The highest BCUT2D eigenvalue weighted by atomic mass is 31.2. The minimum absolute atomic E-state index is 0.105. The molecule has 93 heavy (non-hydrogen) atoms. The van der Waals surface area contributed by atoms with E-state index in [2.05, 4.69) is 55.4 Å². The van der Waals surface area contributed by atoms with Crippen molar-refractivity contribution in [3.8, 4) is 0 Å². The third-order valence-electron chi connectivity index (χ3n) is 17.8. The Labute approximate surface area is 568 Å². The van der Waals surface area contributed by atoms with Crippen LogP contribution in [0.15, 0.2) is 0 Å². The predicted molar refractivity (Wildman–Crippen MR) is 377 cm³/mol. The van der Waals surface area contributed by atoms with Gasteiger partial charge < -0.3 is 33.8 Å². The number of ether oxygens (including phenoxy) is 4. The molecule has 0 amide bonds. The lowest BCUT2D eigenvalue weighted by atomic mass is 9.99. The Balaban J connectivity index is 5.24. The Bertz CT molecular complexity index is 1840. The first-order valence-corrected chi connectivity index (χ1v) is 41.3. The fourth-order valence-electron chi connectivity index (χ4n) is 11.1. The van der Waals surface area contributed by atoms with Crippen molar-refractivity contribution in [2.24, 2.45) is 23.7 Å². The highest BCUT2D eigenvalue weighted by molar-refractivity contribution is 7.47. The van der Waals surface area contributed by atoms with Gasteiger partial charge in [-0.2, -0.15) is 0 Å². The number of unbranched alkanes of at least 4 members (excludes halogenated alkanes) is 35. The summed E-state index contributed by atoms with van der Waals surface area (Å²) in [6.07, 6.45) is 47.2. The largest absolute Gasteiger partial charge is 0.472 e. The summed E-state index contributed by atoms with van der Waals surface area (Å²) >= 11 is 0. The van der Waals surface area contributed by atoms with Crippen LogP contribution in [0, 0.1) is 23.7 Å². The van der Waals surface area contributed by atoms with E-state index in [1.54, 1.807) is 0 Å². The summed E-state index contributed by atoms with van der Waals surface area (Å²) in [5.41, 5.74) is 0. The van der Waals surface area contributed by atoms with E-state index >= 15 is 0 Å². The van der Waals surface area contributed by atoms with Gasteiger partial charge in [-0.05, 0) is 49.4 Å². The van der Waals surface area contributed by atoms with Gasteiger partial charge in [0.15, 0.2) is 12.2 Å². The number of phosphoric ester groups is 2.